The molecule has 0 spiro atoms. The second-order valence-corrected chi connectivity index (χ2v) is 5.14. The first kappa shape index (κ1) is 13.9. The number of halogens is 2. The van der Waals surface area contributed by atoms with Crippen molar-refractivity contribution in [1.82, 2.24) is 0 Å². The summed E-state index contributed by atoms with van der Waals surface area (Å²) in [5.74, 6) is 0.199. The van der Waals surface area contributed by atoms with E-state index in [0.717, 1.165) is 11.1 Å². The van der Waals surface area contributed by atoms with E-state index in [0.29, 0.717) is 10.0 Å². The van der Waals surface area contributed by atoms with Crippen LogP contribution >= 0.6 is 23.2 Å². The summed E-state index contributed by atoms with van der Waals surface area (Å²) in [5, 5.41) is 10.4. The molecule has 0 saturated carbocycles. The lowest BCUT2D eigenvalue weighted by atomic mass is 10.0. The zero-order chi connectivity index (χ0) is 13.8. The molecule has 0 aliphatic carbocycles. The average molecular weight is 295 g/mol. The number of carbonyl (C=O) groups is 1. The lowest BCUT2D eigenvalue weighted by Crippen LogP contribution is -2.06. The van der Waals surface area contributed by atoms with Crippen LogP contribution in [0.5, 0.6) is 5.75 Å². The molecule has 2 rings (SSSR count). The van der Waals surface area contributed by atoms with Crippen molar-refractivity contribution in [3.8, 4) is 5.75 Å². The van der Waals surface area contributed by atoms with Crippen molar-refractivity contribution in [2.45, 2.75) is 12.8 Å². The van der Waals surface area contributed by atoms with Gasteiger partial charge in [-0.2, -0.15) is 0 Å². The molecule has 0 fully saturated rings. The predicted octanol–water partition coefficient (Wildman–Crippen LogP) is 4.05. The SMILES string of the molecule is O=C(Cc1cccc(O)c1)Cc1ccc(Cl)cc1Cl. The van der Waals surface area contributed by atoms with Crippen LogP contribution in [0.15, 0.2) is 42.5 Å². The fraction of sp³-hybridized carbons (Fsp3) is 0.133. The van der Waals surface area contributed by atoms with Crippen molar-refractivity contribution in [3.63, 3.8) is 0 Å². The smallest absolute Gasteiger partial charge is 0.141 e. The number of hydrogen-bond acceptors (Lipinski definition) is 2. The van der Waals surface area contributed by atoms with E-state index < -0.39 is 0 Å². The first-order valence-electron chi connectivity index (χ1n) is 5.78. The summed E-state index contributed by atoms with van der Waals surface area (Å²) in [6.07, 6.45) is 0.527. The van der Waals surface area contributed by atoms with Crippen LogP contribution in [-0.4, -0.2) is 10.9 Å². The predicted molar refractivity (Wildman–Crippen MR) is 77.0 cm³/mol. The quantitative estimate of drug-likeness (QED) is 0.923. The Morgan fingerprint density at radius 3 is 2.53 bits per heavy atom. The normalized spacial score (nSPS) is 10.4. The van der Waals surface area contributed by atoms with Crippen LogP contribution in [0, 0.1) is 0 Å². The summed E-state index contributed by atoms with van der Waals surface area (Å²) >= 11 is 11.8. The zero-order valence-electron chi connectivity index (χ0n) is 10.1. The molecule has 2 aromatic carbocycles. The number of phenolic OH excluding ortho intramolecular Hbond substituents is 1. The molecule has 2 nitrogen and oxygen atoms in total. The summed E-state index contributed by atoms with van der Waals surface area (Å²) in [7, 11) is 0. The third-order valence-electron chi connectivity index (χ3n) is 2.71. The maximum absolute atomic E-state index is 12.0. The van der Waals surface area contributed by atoms with Gasteiger partial charge in [0.1, 0.15) is 11.5 Å². The molecular formula is C15H12Cl2O2. The number of rotatable bonds is 4. The third kappa shape index (κ3) is 3.98. The fourth-order valence-corrected chi connectivity index (χ4v) is 2.31. The van der Waals surface area contributed by atoms with Gasteiger partial charge in [-0.3, -0.25) is 4.79 Å². The fourth-order valence-electron chi connectivity index (χ4n) is 1.83. The van der Waals surface area contributed by atoms with E-state index in [-0.39, 0.29) is 24.4 Å². The zero-order valence-corrected chi connectivity index (χ0v) is 11.6. The standard InChI is InChI=1S/C15H12Cl2O2/c16-12-5-4-11(15(17)9-12)8-14(19)7-10-2-1-3-13(18)6-10/h1-6,9,18H,7-8H2. The van der Waals surface area contributed by atoms with Crippen LogP contribution < -0.4 is 0 Å². The number of hydrogen-bond donors (Lipinski definition) is 1. The van der Waals surface area contributed by atoms with E-state index in [9.17, 15) is 9.90 Å². The Morgan fingerprint density at radius 2 is 1.84 bits per heavy atom. The maximum atomic E-state index is 12.0. The van der Waals surface area contributed by atoms with Crippen molar-refractivity contribution in [2.24, 2.45) is 0 Å². The maximum Gasteiger partial charge on any atom is 0.141 e. The second-order valence-electron chi connectivity index (χ2n) is 4.30. The minimum absolute atomic E-state index is 0.0369. The van der Waals surface area contributed by atoms with E-state index in [4.69, 9.17) is 23.2 Å². The van der Waals surface area contributed by atoms with E-state index in [1.54, 1.807) is 42.5 Å². The molecule has 0 amide bonds. The molecule has 19 heavy (non-hydrogen) atoms. The number of aromatic hydroxyl groups is 1. The van der Waals surface area contributed by atoms with Gasteiger partial charge in [0.2, 0.25) is 0 Å². The summed E-state index contributed by atoms with van der Waals surface area (Å²) in [5.41, 5.74) is 1.55. The van der Waals surface area contributed by atoms with Gasteiger partial charge in [-0.15, -0.1) is 0 Å². The Bertz CT molecular complexity index is 609. The summed E-state index contributed by atoms with van der Waals surface area (Å²) in [4.78, 5) is 12.0. The molecular weight excluding hydrogens is 283 g/mol. The van der Waals surface area contributed by atoms with Crippen molar-refractivity contribution in [2.75, 3.05) is 0 Å². The van der Waals surface area contributed by atoms with Gasteiger partial charge in [-0.05, 0) is 35.4 Å². The Balaban J connectivity index is 2.05. The summed E-state index contributed by atoms with van der Waals surface area (Å²) < 4.78 is 0. The summed E-state index contributed by atoms with van der Waals surface area (Å²) in [6.45, 7) is 0. The lowest BCUT2D eigenvalue weighted by Gasteiger charge is -2.05. The highest BCUT2D eigenvalue weighted by atomic mass is 35.5. The van der Waals surface area contributed by atoms with Crippen molar-refractivity contribution >= 4 is 29.0 Å². The van der Waals surface area contributed by atoms with Crippen molar-refractivity contribution in [3.05, 3.63) is 63.6 Å². The van der Waals surface area contributed by atoms with Crippen LogP contribution in [0.3, 0.4) is 0 Å². The van der Waals surface area contributed by atoms with Crippen molar-refractivity contribution in [1.29, 1.82) is 0 Å². The summed E-state index contributed by atoms with van der Waals surface area (Å²) in [6, 6.07) is 11.8. The minimum Gasteiger partial charge on any atom is -0.508 e. The first-order chi connectivity index (χ1) is 9.04. The third-order valence-corrected chi connectivity index (χ3v) is 3.30. The number of carbonyl (C=O) groups excluding carboxylic acids is 1. The van der Waals surface area contributed by atoms with Crippen LogP contribution in [-0.2, 0) is 17.6 Å². The second kappa shape index (κ2) is 6.09. The topological polar surface area (TPSA) is 37.3 Å². The number of phenols is 1. The van der Waals surface area contributed by atoms with Crippen LogP contribution in [0.1, 0.15) is 11.1 Å². The highest BCUT2D eigenvalue weighted by molar-refractivity contribution is 6.35. The highest BCUT2D eigenvalue weighted by Crippen LogP contribution is 2.22. The van der Waals surface area contributed by atoms with Gasteiger partial charge < -0.3 is 5.11 Å². The molecule has 98 valence electrons. The van der Waals surface area contributed by atoms with Crippen molar-refractivity contribution < 1.29 is 9.90 Å². The van der Waals surface area contributed by atoms with E-state index in [1.165, 1.54) is 0 Å². The van der Waals surface area contributed by atoms with Crippen LogP contribution in [0.25, 0.3) is 0 Å². The Kier molecular flexibility index (Phi) is 4.46. The van der Waals surface area contributed by atoms with Gasteiger partial charge in [0.05, 0.1) is 0 Å². The molecule has 0 aromatic heterocycles. The first-order valence-corrected chi connectivity index (χ1v) is 6.54. The number of ketones is 1. The Morgan fingerprint density at radius 1 is 1.05 bits per heavy atom. The Hall–Kier alpha value is -1.51. The number of benzene rings is 2. The van der Waals surface area contributed by atoms with E-state index in [1.807, 2.05) is 0 Å². The van der Waals surface area contributed by atoms with Gasteiger partial charge >= 0.3 is 0 Å². The molecule has 0 aliphatic heterocycles. The van der Waals surface area contributed by atoms with E-state index >= 15 is 0 Å². The molecule has 0 saturated heterocycles. The molecule has 0 radical (unpaired) electrons. The van der Waals surface area contributed by atoms with Gasteiger partial charge in [0, 0.05) is 22.9 Å². The monoisotopic (exact) mass is 294 g/mol. The number of Topliss-reactive ketones (excluding diaryl/α,β-unsaturated/α-hetero) is 1. The lowest BCUT2D eigenvalue weighted by molar-refractivity contribution is -0.117. The van der Waals surface area contributed by atoms with E-state index in [2.05, 4.69) is 0 Å². The molecule has 0 heterocycles. The van der Waals surface area contributed by atoms with Crippen LogP contribution in [0.4, 0.5) is 0 Å². The largest absolute Gasteiger partial charge is 0.508 e. The molecule has 4 heteroatoms. The van der Waals surface area contributed by atoms with Gasteiger partial charge in [-0.25, -0.2) is 0 Å². The molecule has 1 N–H and O–H groups in total. The molecule has 0 atom stereocenters. The minimum atomic E-state index is 0.0369. The highest BCUT2D eigenvalue weighted by Gasteiger charge is 2.09. The van der Waals surface area contributed by atoms with Gasteiger partial charge in [-0.1, -0.05) is 41.4 Å². The van der Waals surface area contributed by atoms with Gasteiger partial charge in [0.15, 0.2) is 0 Å². The molecule has 0 aliphatic rings. The molecule has 2 aromatic rings. The molecule has 0 unspecified atom stereocenters. The molecule has 0 bridgehead atoms. The average Bonchev–Trinajstić information content (AvgIpc) is 2.33. The van der Waals surface area contributed by atoms with Crippen LogP contribution in [0.2, 0.25) is 10.0 Å². The van der Waals surface area contributed by atoms with Gasteiger partial charge in [0.25, 0.3) is 0 Å². The Labute approximate surface area is 121 Å².